The Labute approximate surface area is 152 Å². The van der Waals surface area contributed by atoms with Crippen LogP contribution in [0.2, 0.25) is 0 Å². The summed E-state index contributed by atoms with van der Waals surface area (Å²) < 4.78 is 5.30. The molecule has 0 amide bonds. The van der Waals surface area contributed by atoms with Crippen molar-refractivity contribution in [1.82, 2.24) is 4.90 Å². The van der Waals surface area contributed by atoms with Crippen molar-refractivity contribution in [3.8, 4) is 0 Å². The van der Waals surface area contributed by atoms with Crippen LogP contribution < -0.4 is 0 Å². The van der Waals surface area contributed by atoms with E-state index in [4.69, 9.17) is 4.74 Å². The Morgan fingerprint density at radius 3 is 2.52 bits per heavy atom. The molecule has 25 heavy (non-hydrogen) atoms. The zero-order valence-corrected chi connectivity index (χ0v) is 16.1. The summed E-state index contributed by atoms with van der Waals surface area (Å²) in [5.41, 5.74) is 3.54. The summed E-state index contributed by atoms with van der Waals surface area (Å²) in [6, 6.07) is 8.37. The molecular formula is C22H31NO2. The number of allylic oxidation sites excluding steroid dienone is 1. The highest BCUT2D eigenvalue weighted by atomic mass is 16.5. The zero-order valence-electron chi connectivity index (χ0n) is 16.1. The maximum Gasteiger partial charge on any atom is 0.338 e. The van der Waals surface area contributed by atoms with Crippen molar-refractivity contribution in [2.75, 3.05) is 26.2 Å². The van der Waals surface area contributed by atoms with Crippen molar-refractivity contribution < 1.29 is 9.53 Å². The Hall–Kier alpha value is -1.61. The van der Waals surface area contributed by atoms with Gasteiger partial charge < -0.3 is 9.64 Å². The minimum Gasteiger partial charge on any atom is -0.462 e. The molecule has 3 heteroatoms. The average Bonchev–Trinajstić information content (AvgIpc) is 2.89. The Morgan fingerprint density at radius 2 is 1.88 bits per heavy atom. The quantitative estimate of drug-likeness (QED) is 0.760. The van der Waals surface area contributed by atoms with Gasteiger partial charge in [-0.15, -0.1) is 0 Å². The van der Waals surface area contributed by atoms with Crippen LogP contribution in [-0.2, 0) is 14.9 Å². The molecule has 1 fully saturated rings. The second-order valence-electron chi connectivity index (χ2n) is 8.63. The molecule has 1 aromatic carbocycles. The lowest BCUT2D eigenvalue weighted by molar-refractivity contribution is -0.136. The first-order valence-corrected chi connectivity index (χ1v) is 9.57. The first-order valence-electron chi connectivity index (χ1n) is 9.57. The van der Waals surface area contributed by atoms with Crippen molar-refractivity contribution >= 4 is 11.5 Å². The minimum absolute atomic E-state index is 0.0108. The Balaban J connectivity index is 1.77. The maximum atomic E-state index is 12.4. The predicted molar refractivity (Wildman–Crippen MR) is 102 cm³/mol. The molecule has 1 saturated heterocycles. The van der Waals surface area contributed by atoms with E-state index in [1.165, 1.54) is 12.0 Å². The number of carbonyl (C=O) groups excluding carboxylic acids is 1. The number of ether oxygens (including phenoxy) is 1. The fraction of sp³-hybridized carbons (Fsp3) is 0.591. The third kappa shape index (κ3) is 3.82. The van der Waals surface area contributed by atoms with Gasteiger partial charge in [-0.25, -0.2) is 4.79 Å². The molecule has 1 aliphatic carbocycles. The predicted octanol–water partition coefficient (Wildman–Crippen LogP) is 4.42. The highest BCUT2D eigenvalue weighted by Gasteiger charge is 2.42. The monoisotopic (exact) mass is 341 g/mol. The van der Waals surface area contributed by atoms with E-state index in [2.05, 4.69) is 49.9 Å². The van der Waals surface area contributed by atoms with Gasteiger partial charge in [-0.3, -0.25) is 0 Å². The molecule has 3 nitrogen and oxygen atoms in total. The largest absolute Gasteiger partial charge is 0.462 e. The smallest absolute Gasteiger partial charge is 0.338 e. The van der Waals surface area contributed by atoms with E-state index in [9.17, 15) is 4.79 Å². The third-order valence-electron chi connectivity index (χ3n) is 5.60. The Bertz CT molecular complexity index is 661. The van der Waals surface area contributed by atoms with E-state index in [-0.39, 0.29) is 11.4 Å². The lowest BCUT2D eigenvalue weighted by Crippen LogP contribution is -2.42. The molecule has 1 heterocycles. The number of piperidine rings is 1. The number of benzene rings is 1. The number of likely N-dealkylation sites (tertiary alicyclic amines) is 1. The highest BCUT2D eigenvalue weighted by molar-refractivity contribution is 6.18. The van der Waals surface area contributed by atoms with Crippen LogP contribution in [0.15, 0.2) is 30.3 Å². The van der Waals surface area contributed by atoms with Gasteiger partial charge in [0.2, 0.25) is 0 Å². The van der Waals surface area contributed by atoms with E-state index in [1.807, 2.05) is 13.0 Å². The SMILES string of the molecule is CCOC(=O)C1=CC2(CCN(CCC(C)(C)C)CC2)c2ccccc21. The molecule has 1 aromatic rings. The van der Waals surface area contributed by atoms with E-state index >= 15 is 0 Å². The van der Waals surface area contributed by atoms with Gasteiger partial charge >= 0.3 is 5.97 Å². The summed E-state index contributed by atoms with van der Waals surface area (Å²) in [4.78, 5) is 15.0. The number of hydrogen-bond acceptors (Lipinski definition) is 3. The fourth-order valence-electron chi connectivity index (χ4n) is 4.04. The molecule has 0 saturated carbocycles. The fourth-order valence-corrected chi connectivity index (χ4v) is 4.04. The normalized spacial score (nSPS) is 19.6. The molecule has 2 aliphatic rings. The molecule has 1 spiro atoms. The molecule has 0 bridgehead atoms. The van der Waals surface area contributed by atoms with Gasteiger partial charge in [-0.2, -0.15) is 0 Å². The van der Waals surface area contributed by atoms with Gasteiger partial charge in [0, 0.05) is 5.41 Å². The van der Waals surface area contributed by atoms with Crippen LogP contribution in [0.5, 0.6) is 0 Å². The molecule has 0 radical (unpaired) electrons. The first kappa shape index (κ1) is 18.2. The summed E-state index contributed by atoms with van der Waals surface area (Å²) >= 11 is 0. The molecule has 1 aliphatic heterocycles. The summed E-state index contributed by atoms with van der Waals surface area (Å²) in [6.45, 7) is 12.6. The van der Waals surface area contributed by atoms with E-state index in [1.54, 1.807) is 0 Å². The van der Waals surface area contributed by atoms with Crippen LogP contribution in [0.1, 0.15) is 58.1 Å². The van der Waals surface area contributed by atoms with Crippen molar-refractivity contribution in [2.24, 2.45) is 5.41 Å². The van der Waals surface area contributed by atoms with E-state index in [0.717, 1.165) is 43.6 Å². The zero-order chi connectivity index (χ0) is 18.1. The number of esters is 1. The Morgan fingerprint density at radius 1 is 1.20 bits per heavy atom. The van der Waals surface area contributed by atoms with Crippen molar-refractivity contribution in [2.45, 2.75) is 52.4 Å². The van der Waals surface area contributed by atoms with Gasteiger partial charge in [-0.05, 0) is 62.4 Å². The summed E-state index contributed by atoms with van der Waals surface area (Å²) in [5.74, 6) is -0.179. The van der Waals surface area contributed by atoms with Gasteiger partial charge in [-0.1, -0.05) is 51.1 Å². The van der Waals surface area contributed by atoms with Crippen LogP contribution in [-0.4, -0.2) is 37.1 Å². The molecule has 0 atom stereocenters. The van der Waals surface area contributed by atoms with Gasteiger partial charge in [0.1, 0.15) is 0 Å². The molecular weight excluding hydrogens is 310 g/mol. The molecule has 0 N–H and O–H groups in total. The number of hydrogen-bond donors (Lipinski definition) is 0. The van der Waals surface area contributed by atoms with Crippen molar-refractivity contribution in [3.05, 3.63) is 41.5 Å². The standard InChI is InChI=1S/C22H31NO2/c1-5-25-20(24)18-16-22(19-9-7-6-8-17(18)19)11-14-23(15-12-22)13-10-21(2,3)4/h6-9,16H,5,10-15H2,1-4H3. The highest BCUT2D eigenvalue weighted by Crippen LogP contribution is 2.47. The van der Waals surface area contributed by atoms with Gasteiger partial charge in [0.05, 0.1) is 12.2 Å². The minimum atomic E-state index is -0.179. The van der Waals surface area contributed by atoms with E-state index in [0.29, 0.717) is 12.0 Å². The summed E-state index contributed by atoms with van der Waals surface area (Å²) in [6.07, 6.45) is 5.59. The van der Waals surface area contributed by atoms with Crippen LogP contribution in [0.25, 0.3) is 5.57 Å². The van der Waals surface area contributed by atoms with Gasteiger partial charge in [0.15, 0.2) is 0 Å². The number of carbonyl (C=O) groups is 1. The number of nitrogens with zero attached hydrogens (tertiary/aromatic N) is 1. The first-order chi connectivity index (χ1) is 11.8. The van der Waals surface area contributed by atoms with Crippen LogP contribution in [0, 0.1) is 5.41 Å². The topological polar surface area (TPSA) is 29.5 Å². The Kier molecular flexibility index (Phi) is 5.06. The number of fused-ring (bicyclic) bond motifs is 2. The van der Waals surface area contributed by atoms with Crippen LogP contribution in [0.3, 0.4) is 0 Å². The lowest BCUT2D eigenvalue weighted by atomic mass is 9.74. The third-order valence-corrected chi connectivity index (χ3v) is 5.60. The molecule has 0 aromatic heterocycles. The van der Waals surface area contributed by atoms with Crippen molar-refractivity contribution in [3.63, 3.8) is 0 Å². The maximum absolute atomic E-state index is 12.4. The summed E-state index contributed by atoms with van der Waals surface area (Å²) in [7, 11) is 0. The van der Waals surface area contributed by atoms with Crippen LogP contribution >= 0.6 is 0 Å². The van der Waals surface area contributed by atoms with Crippen molar-refractivity contribution in [1.29, 1.82) is 0 Å². The van der Waals surface area contributed by atoms with Gasteiger partial charge in [0.25, 0.3) is 0 Å². The second kappa shape index (κ2) is 6.95. The lowest BCUT2D eigenvalue weighted by Gasteiger charge is -2.40. The van der Waals surface area contributed by atoms with Crippen LogP contribution in [0.4, 0.5) is 0 Å². The van der Waals surface area contributed by atoms with E-state index < -0.39 is 0 Å². The number of rotatable bonds is 4. The molecule has 3 rings (SSSR count). The molecule has 0 unspecified atom stereocenters. The average molecular weight is 341 g/mol. The summed E-state index contributed by atoms with van der Waals surface area (Å²) in [5, 5.41) is 0. The molecule has 136 valence electrons. The second-order valence-corrected chi connectivity index (χ2v) is 8.63.